The van der Waals surface area contributed by atoms with Crippen LogP contribution in [0.15, 0.2) is 41.8 Å². The minimum absolute atomic E-state index is 0.0423. The molecule has 1 aromatic carbocycles. The molecule has 1 rings (SSSR count). The average molecular weight is 269 g/mol. The van der Waals surface area contributed by atoms with E-state index in [1.54, 1.807) is 12.1 Å². The fraction of sp³-hybridized carbons (Fsp3) is 0.182. The van der Waals surface area contributed by atoms with Gasteiger partial charge in [-0.2, -0.15) is 0 Å². The Morgan fingerprint density at radius 2 is 2.17 bits per heavy atom. The summed E-state index contributed by atoms with van der Waals surface area (Å²) in [7, 11) is -3.76. The first-order valence-corrected chi connectivity index (χ1v) is 6.72. The van der Waals surface area contributed by atoms with Crippen LogP contribution < -0.4 is 15.8 Å². The number of hydrogen-bond acceptors (Lipinski definition) is 4. The molecule has 18 heavy (non-hydrogen) atoms. The normalized spacial score (nSPS) is 10.9. The minimum Gasteiger partial charge on any atom is -0.325 e. The molecule has 0 aliphatic rings. The molecule has 7 heteroatoms. The topological polar surface area (TPSA) is 101 Å². The van der Waals surface area contributed by atoms with Gasteiger partial charge in [0.15, 0.2) is 0 Å². The van der Waals surface area contributed by atoms with Crippen molar-refractivity contribution in [2.45, 2.75) is 4.90 Å². The third kappa shape index (κ3) is 4.66. The van der Waals surface area contributed by atoms with Gasteiger partial charge in [-0.15, -0.1) is 6.58 Å². The second kappa shape index (κ2) is 6.29. The smallest absolute Gasteiger partial charge is 0.238 e. The van der Waals surface area contributed by atoms with Gasteiger partial charge >= 0.3 is 0 Å². The number of anilines is 1. The van der Waals surface area contributed by atoms with E-state index in [1.807, 2.05) is 0 Å². The molecule has 0 atom stereocenters. The first-order valence-electron chi connectivity index (χ1n) is 5.18. The maximum atomic E-state index is 11.5. The van der Waals surface area contributed by atoms with Crippen LogP contribution in [0, 0.1) is 0 Å². The zero-order valence-corrected chi connectivity index (χ0v) is 10.5. The number of carbonyl (C=O) groups is 1. The van der Waals surface area contributed by atoms with Gasteiger partial charge < -0.3 is 10.6 Å². The van der Waals surface area contributed by atoms with Gasteiger partial charge in [0.25, 0.3) is 0 Å². The van der Waals surface area contributed by atoms with Crippen LogP contribution in [0.4, 0.5) is 5.69 Å². The van der Waals surface area contributed by atoms with Crippen molar-refractivity contribution in [1.82, 2.24) is 5.32 Å². The second-order valence-electron chi connectivity index (χ2n) is 3.54. The van der Waals surface area contributed by atoms with Crippen LogP contribution in [0.5, 0.6) is 0 Å². The fourth-order valence-corrected chi connectivity index (χ4v) is 1.80. The number of nitrogens with one attached hydrogen (secondary N) is 2. The van der Waals surface area contributed by atoms with E-state index in [1.165, 1.54) is 18.2 Å². The largest absolute Gasteiger partial charge is 0.325 e. The predicted molar refractivity (Wildman–Crippen MR) is 69.5 cm³/mol. The van der Waals surface area contributed by atoms with Crippen molar-refractivity contribution in [2.75, 3.05) is 18.4 Å². The van der Waals surface area contributed by atoms with E-state index in [2.05, 4.69) is 17.2 Å². The Bertz CT molecular complexity index is 540. The minimum atomic E-state index is -3.76. The molecule has 98 valence electrons. The first-order chi connectivity index (χ1) is 8.43. The van der Waals surface area contributed by atoms with Gasteiger partial charge in [-0.3, -0.25) is 4.79 Å². The molecule has 0 radical (unpaired) electrons. The predicted octanol–water partition coefficient (Wildman–Crippen LogP) is 0.0481. The summed E-state index contributed by atoms with van der Waals surface area (Å²) < 4.78 is 22.2. The van der Waals surface area contributed by atoms with E-state index in [-0.39, 0.29) is 17.3 Å². The van der Waals surface area contributed by atoms with Crippen molar-refractivity contribution in [3.8, 4) is 0 Å². The Morgan fingerprint density at radius 1 is 1.44 bits per heavy atom. The highest BCUT2D eigenvalue weighted by Gasteiger charge is 2.09. The van der Waals surface area contributed by atoms with Crippen LogP contribution in [0.2, 0.25) is 0 Å². The number of rotatable bonds is 6. The van der Waals surface area contributed by atoms with Gasteiger partial charge in [0.2, 0.25) is 15.9 Å². The monoisotopic (exact) mass is 269 g/mol. The van der Waals surface area contributed by atoms with Crippen LogP contribution in [-0.4, -0.2) is 27.4 Å². The van der Waals surface area contributed by atoms with Gasteiger partial charge in [-0.05, 0) is 18.2 Å². The summed E-state index contributed by atoms with van der Waals surface area (Å²) in [5.41, 5.74) is 0.381. The van der Waals surface area contributed by atoms with Crippen molar-refractivity contribution < 1.29 is 13.2 Å². The highest BCUT2D eigenvalue weighted by molar-refractivity contribution is 7.89. The molecule has 0 aliphatic carbocycles. The lowest BCUT2D eigenvalue weighted by Gasteiger charge is -2.06. The summed E-state index contributed by atoms with van der Waals surface area (Å²) in [6.45, 7) is 4.14. The second-order valence-corrected chi connectivity index (χ2v) is 5.10. The molecule has 0 spiro atoms. The van der Waals surface area contributed by atoms with E-state index >= 15 is 0 Å². The molecule has 0 aliphatic heterocycles. The van der Waals surface area contributed by atoms with Crippen LogP contribution in [0.25, 0.3) is 0 Å². The Balaban J connectivity index is 2.68. The lowest BCUT2D eigenvalue weighted by Crippen LogP contribution is -2.28. The summed E-state index contributed by atoms with van der Waals surface area (Å²) in [5.74, 6) is -0.275. The summed E-state index contributed by atoms with van der Waals surface area (Å²) in [6, 6.07) is 5.76. The molecule has 0 fully saturated rings. The van der Waals surface area contributed by atoms with E-state index < -0.39 is 10.0 Å². The van der Waals surface area contributed by atoms with Crippen LogP contribution in [0.3, 0.4) is 0 Å². The standard InChI is InChI=1S/C11H15N3O3S/c1-2-6-13-8-11(15)14-9-4-3-5-10(7-9)18(12,16)17/h2-5,7,13H,1,6,8H2,(H,14,15)(H2,12,16,17). The molecule has 0 saturated heterocycles. The third-order valence-electron chi connectivity index (χ3n) is 2.02. The number of primary sulfonamides is 1. The summed E-state index contributed by atoms with van der Waals surface area (Å²) in [4.78, 5) is 11.4. The van der Waals surface area contributed by atoms with Gasteiger partial charge in [0.05, 0.1) is 11.4 Å². The molecule has 0 heterocycles. The van der Waals surface area contributed by atoms with Gasteiger partial charge in [-0.25, -0.2) is 13.6 Å². The van der Waals surface area contributed by atoms with E-state index in [4.69, 9.17) is 5.14 Å². The SMILES string of the molecule is C=CCNCC(=O)Nc1cccc(S(N)(=O)=O)c1. The maximum Gasteiger partial charge on any atom is 0.238 e. The molecular weight excluding hydrogens is 254 g/mol. The third-order valence-corrected chi connectivity index (χ3v) is 2.93. The number of hydrogen-bond donors (Lipinski definition) is 3. The molecule has 0 unspecified atom stereocenters. The Morgan fingerprint density at radius 3 is 2.78 bits per heavy atom. The summed E-state index contributed by atoms with van der Waals surface area (Å²) >= 11 is 0. The van der Waals surface area contributed by atoms with E-state index in [0.29, 0.717) is 12.2 Å². The molecule has 6 nitrogen and oxygen atoms in total. The fourth-order valence-electron chi connectivity index (χ4n) is 1.24. The van der Waals surface area contributed by atoms with Gasteiger partial charge in [0, 0.05) is 12.2 Å². The highest BCUT2D eigenvalue weighted by Crippen LogP contribution is 2.13. The summed E-state index contributed by atoms with van der Waals surface area (Å²) in [6.07, 6.45) is 1.63. The van der Waals surface area contributed by atoms with Crippen molar-refractivity contribution in [3.63, 3.8) is 0 Å². The van der Waals surface area contributed by atoms with E-state index in [0.717, 1.165) is 0 Å². The number of benzene rings is 1. The molecule has 0 saturated carbocycles. The molecule has 1 aromatic rings. The molecule has 1 amide bonds. The zero-order chi connectivity index (χ0) is 13.6. The van der Waals surface area contributed by atoms with Gasteiger partial charge in [-0.1, -0.05) is 12.1 Å². The number of nitrogens with two attached hydrogens (primary N) is 1. The number of sulfonamides is 1. The Labute approximate surface area is 106 Å². The molecular formula is C11H15N3O3S. The lowest BCUT2D eigenvalue weighted by molar-refractivity contribution is -0.115. The van der Waals surface area contributed by atoms with E-state index in [9.17, 15) is 13.2 Å². The zero-order valence-electron chi connectivity index (χ0n) is 9.72. The van der Waals surface area contributed by atoms with Crippen LogP contribution in [0.1, 0.15) is 0 Å². The molecule has 4 N–H and O–H groups in total. The maximum absolute atomic E-state index is 11.5. The van der Waals surface area contributed by atoms with Crippen LogP contribution >= 0.6 is 0 Å². The highest BCUT2D eigenvalue weighted by atomic mass is 32.2. The van der Waals surface area contributed by atoms with Gasteiger partial charge in [0.1, 0.15) is 0 Å². The molecule has 0 bridgehead atoms. The Hall–Kier alpha value is -1.70. The van der Waals surface area contributed by atoms with Crippen molar-refractivity contribution in [1.29, 1.82) is 0 Å². The lowest BCUT2D eigenvalue weighted by atomic mass is 10.3. The molecule has 0 aromatic heterocycles. The van der Waals surface area contributed by atoms with Crippen molar-refractivity contribution in [3.05, 3.63) is 36.9 Å². The average Bonchev–Trinajstić information content (AvgIpc) is 2.28. The number of carbonyl (C=O) groups excluding carboxylic acids is 1. The quantitative estimate of drug-likeness (QED) is 0.501. The number of amides is 1. The van der Waals surface area contributed by atoms with Crippen molar-refractivity contribution >= 4 is 21.6 Å². The van der Waals surface area contributed by atoms with Crippen LogP contribution in [-0.2, 0) is 14.8 Å². The summed E-state index contributed by atoms with van der Waals surface area (Å²) in [5, 5.41) is 10.4. The Kier molecular flexibility index (Phi) is 5.02. The first kappa shape index (κ1) is 14.4. The van der Waals surface area contributed by atoms with Crippen molar-refractivity contribution in [2.24, 2.45) is 5.14 Å².